The zero-order chi connectivity index (χ0) is 23.7. The molecule has 32 heavy (non-hydrogen) atoms. The molecular weight excluding hydrogens is 432 g/mol. The SMILES string of the molecule is CC1Oc2ccc(C(N)C(=O)OC(C)(C)CCc3ccc(S(C)(=O)=O)cc3)cc2NC1=O. The lowest BCUT2D eigenvalue weighted by Crippen LogP contribution is -2.35. The van der Waals surface area contributed by atoms with Crippen molar-refractivity contribution in [3.63, 3.8) is 0 Å². The van der Waals surface area contributed by atoms with Crippen LogP contribution in [-0.2, 0) is 30.6 Å². The molecule has 1 amide bonds. The van der Waals surface area contributed by atoms with Crippen LogP contribution in [0.1, 0.15) is 44.4 Å². The summed E-state index contributed by atoms with van der Waals surface area (Å²) >= 11 is 0. The minimum atomic E-state index is -3.24. The molecule has 2 unspecified atom stereocenters. The Morgan fingerprint density at radius 2 is 1.88 bits per heavy atom. The summed E-state index contributed by atoms with van der Waals surface area (Å²) in [4.78, 5) is 24.8. The number of carbonyl (C=O) groups excluding carboxylic acids is 2. The molecule has 3 rings (SSSR count). The van der Waals surface area contributed by atoms with E-state index in [0.29, 0.717) is 29.8 Å². The van der Waals surface area contributed by atoms with Crippen LogP contribution < -0.4 is 15.8 Å². The van der Waals surface area contributed by atoms with Crippen LogP contribution in [0, 0.1) is 0 Å². The Hall–Kier alpha value is -2.91. The summed E-state index contributed by atoms with van der Waals surface area (Å²) < 4.78 is 34.3. The quantitative estimate of drug-likeness (QED) is 0.609. The molecule has 0 aromatic heterocycles. The van der Waals surface area contributed by atoms with E-state index in [1.165, 1.54) is 0 Å². The summed E-state index contributed by atoms with van der Waals surface area (Å²) in [6.07, 6.45) is 1.70. The number of esters is 1. The molecule has 2 aromatic carbocycles. The first-order chi connectivity index (χ1) is 14.9. The van der Waals surface area contributed by atoms with Gasteiger partial charge >= 0.3 is 5.97 Å². The zero-order valence-corrected chi connectivity index (χ0v) is 19.4. The Balaban J connectivity index is 1.61. The van der Waals surface area contributed by atoms with Gasteiger partial charge in [0, 0.05) is 6.26 Å². The van der Waals surface area contributed by atoms with Gasteiger partial charge in [0.15, 0.2) is 15.9 Å². The minimum Gasteiger partial charge on any atom is -0.479 e. The molecule has 0 saturated carbocycles. The molecule has 9 heteroatoms. The molecule has 1 aliphatic heterocycles. The Kier molecular flexibility index (Phi) is 6.61. The van der Waals surface area contributed by atoms with E-state index in [2.05, 4.69) is 5.32 Å². The van der Waals surface area contributed by atoms with Crippen molar-refractivity contribution in [2.24, 2.45) is 5.73 Å². The maximum atomic E-state index is 12.7. The van der Waals surface area contributed by atoms with E-state index in [0.717, 1.165) is 11.8 Å². The fourth-order valence-electron chi connectivity index (χ4n) is 3.29. The fraction of sp³-hybridized carbons (Fsp3) is 0.391. The van der Waals surface area contributed by atoms with E-state index < -0.39 is 33.6 Å². The van der Waals surface area contributed by atoms with Crippen LogP contribution in [0.25, 0.3) is 0 Å². The molecule has 0 spiro atoms. The van der Waals surface area contributed by atoms with E-state index in [4.69, 9.17) is 15.2 Å². The predicted molar refractivity (Wildman–Crippen MR) is 120 cm³/mol. The molecular formula is C23H28N2O6S. The summed E-state index contributed by atoms with van der Waals surface area (Å²) in [5.41, 5.74) is 7.23. The number of fused-ring (bicyclic) bond motifs is 1. The van der Waals surface area contributed by atoms with Crippen molar-refractivity contribution in [1.82, 2.24) is 0 Å². The van der Waals surface area contributed by atoms with E-state index in [1.807, 2.05) is 0 Å². The Labute approximate surface area is 188 Å². The second-order valence-electron chi connectivity index (χ2n) is 8.58. The van der Waals surface area contributed by atoms with Crippen molar-refractivity contribution in [1.29, 1.82) is 0 Å². The van der Waals surface area contributed by atoms with Crippen LogP contribution in [0.4, 0.5) is 5.69 Å². The van der Waals surface area contributed by atoms with Crippen LogP contribution in [0.15, 0.2) is 47.4 Å². The number of sulfone groups is 1. The number of carbonyl (C=O) groups is 2. The van der Waals surface area contributed by atoms with Gasteiger partial charge in [0.05, 0.1) is 10.6 Å². The molecule has 172 valence electrons. The Morgan fingerprint density at radius 3 is 2.50 bits per heavy atom. The van der Waals surface area contributed by atoms with E-state index in [-0.39, 0.29) is 10.8 Å². The van der Waals surface area contributed by atoms with Crippen molar-refractivity contribution < 1.29 is 27.5 Å². The topological polar surface area (TPSA) is 125 Å². The number of nitrogens with one attached hydrogen (secondary N) is 1. The van der Waals surface area contributed by atoms with Crippen molar-refractivity contribution in [2.75, 3.05) is 11.6 Å². The van der Waals surface area contributed by atoms with Crippen molar-refractivity contribution in [3.05, 3.63) is 53.6 Å². The largest absolute Gasteiger partial charge is 0.479 e. The third kappa shape index (κ3) is 5.66. The maximum absolute atomic E-state index is 12.7. The lowest BCUT2D eigenvalue weighted by Gasteiger charge is -2.28. The first kappa shape index (κ1) is 23.7. The second kappa shape index (κ2) is 8.91. The predicted octanol–water partition coefficient (Wildman–Crippen LogP) is 2.76. The second-order valence-corrected chi connectivity index (χ2v) is 10.6. The molecule has 0 aliphatic carbocycles. The van der Waals surface area contributed by atoms with Gasteiger partial charge in [-0.25, -0.2) is 13.2 Å². The number of ether oxygens (including phenoxy) is 2. The van der Waals surface area contributed by atoms with E-state index >= 15 is 0 Å². The lowest BCUT2D eigenvalue weighted by atomic mass is 9.98. The number of amides is 1. The summed E-state index contributed by atoms with van der Waals surface area (Å²) in [6.45, 7) is 5.24. The number of aryl methyl sites for hydroxylation is 1. The van der Waals surface area contributed by atoms with Gasteiger partial charge in [-0.1, -0.05) is 18.2 Å². The molecule has 0 fully saturated rings. The van der Waals surface area contributed by atoms with Crippen LogP contribution in [0.3, 0.4) is 0 Å². The summed E-state index contributed by atoms with van der Waals surface area (Å²) in [7, 11) is -3.24. The van der Waals surface area contributed by atoms with Gasteiger partial charge in [0.25, 0.3) is 5.91 Å². The molecule has 1 heterocycles. The van der Waals surface area contributed by atoms with Gasteiger partial charge in [-0.05, 0) is 69.0 Å². The maximum Gasteiger partial charge on any atom is 0.328 e. The highest BCUT2D eigenvalue weighted by Gasteiger charge is 2.29. The summed E-state index contributed by atoms with van der Waals surface area (Å²) in [6, 6.07) is 10.6. The highest BCUT2D eigenvalue weighted by molar-refractivity contribution is 7.90. The van der Waals surface area contributed by atoms with Gasteiger partial charge in [0.2, 0.25) is 0 Å². The number of nitrogens with two attached hydrogens (primary N) is 1. The fourth-order valence-corrected chi connectivity index (χ4v) is 3.92. The zero-order valence-electron chi connectivity index (χ0n) is 18.5. The number of rotatable bonds is 7. The van der Waals surface area contributed by atoms with Crippen molar-refractivity contribution in [3.8, 4) is 5.75 Å². The lowest BCUT2D eigenvalue weighted by molar-refractivity contribution is -0.158. The molecule has 2 aromatic rings. The number of hydrogen-bond donors (Lipinski definition) is 2. The third-order valence-electron chi connectivity index (χ3n) is 5.29. The average Bonchev–Trinajstić information content (AvgIpc) is 2.71. The van der Waals surface area contributed by atoms with Gasteiger partial charge in [0.1, 0.15) is 17.4 Å². The Morgan fingerprint density at radius 1 is 1.22 bits per heavy atom. The normalized spacial score (nSPS) is 17.0. The van der Waals surface area contributed by atoms with Gasteiger partial charge in [-0.15, -0.1) is 0 Å². The first-order valence-electron chi connectivity index (χ1n) is 10.2. The third-order valence-corrected chi connectivity index (χ3v) is 6.42. The standard InChI is InChI=1S/C23H28N2O6S/c1-14-21(26)25-18-13-16(7-10-19(18)30-14)20(24)22(27)31-23(2,3)12-11-15-5-8-17(9-6-15)32(4,28)29/h5-10,13-14,20H,11-12,24H2,1-4H3,(H,25,26). The summed E-state index contributed by atoms with van der Waals surface area (Å²) in [5.74, 6) is -0.334. The van der Waals surface area contributed by atoms with Crippen LogP contribution in [0.2, 0.25) is 0 Å². The summed E-state index contributed by atoms with van der Waals surface area (Å²) in [5, 5.41) is 2.73. The van der Waals surface area contributed by atoms with Crippen LogP contribution in [0.5, 0.6) is 5.75 Å². The monoisotopic (exact) mass is 460 g/mol. The molecule has 2 atom stereocenters. The number of anilines is 1. The average molecular weight is 461 g/mol. The molecule has 0 radical (unpaired) electrons. The molecule has 0 saturated heterocycles. The first-order valence-corrected chi connectivity index (χ1v) is 12.1. The minimum absolute atomic E-state index is 0.263. The molecule has 8 nitrogen and oxygen atoms in total. The smallest absolute Gasteiger partial charge is 0.328 e. The van der Waals surface area contributed by atoms with Crippen molar-refractivity contribution >= 4 is 27.4 Å². The number of hydrogen-bond acceptors (Lipinski definition) is 7. The van der Waals surface area contributed by atoms with Gasteiger partial charge < -0.3 is 20.5 Å². The Bertz CT molecular complexity index is 1130. The molecule has 3 N–H and O–H groups in total. The highest BCUT2D eigenvalue weighted by atomic mass is 32.2. The van der Waals surface area contributed by atoms with Gasteiger partial charge in [-0.2, -0.15) is 0 Å². The number of benzene rings is 2. The highest BCUT2D eigenvalue weighted by Crippen LogP contribution is 2.32. The molecule has 0 bridgehead atoms. The van der Waals surface area contributed by atoms with Gasteiger partial charge in [-0.3, -0.25) is 4.79 Å². The van der Waals surface area contributed by atoms with E-state index in [9.17, 15) is 18.0 Å². The van der Waals surface area contributed by atoms with Crippen molar-refractivity contribution in [2.45, 2.75) is 56.3 Å². The molecule has 1 aliphatic rings. The van der Waals surface area contributed by atoms with E-state index in [1.54, 1.807) is 63.2 Å². The van der Waals surface area contributed by atoms with Crippen LogP contribution >= 0.6 is 0 Å². The van der Waals surface area contributed by atoms with Crippen LogP contribution in [-0.4, -0.2) is 38.3 Å².